The van der Waals surface area contributed by atoms with Gasteiger partial charge in [0.05, 0.1) is 11.1 Å². The molecular weight excluding hydrogens is 451 g/mol. The number of carbonyl (C=O) groups excluding carboxylic acids is 2. The quantitative estimate of drug-likeness (QED) is 0.276. The summed E-state index contributed by atoms with van der Waals surface area (Å²) in [4.78, 5) is 28.1. The van der Waals surface area contributed by atoms with Crippen LogP contribution in [0, 0.1) is 20.8 Å². The Hall–Kier alpha value is -3.39. The topological polar surface area (TPSA) is 57.6 Å². The van der Waals surface area contributed by atoms with Crippen molar-refractivity contribution < 1.29 is 27.9 Å². The van der Waals surface area contributed by atoms with Crippen molar-refractivity contribution in [1.29, 1.82) is 0 Å². The molecule has 1 amide bonds. The summed E-state index contributed by atoms with van der Waals surface area (Å²) in [7, 11) is 0. The summed E-state index contributed by atoms with van der Waals surface area (Å²) in [5, 5.41) is 13.0. The third-order valence-corrected chi connectivity index (χ3v) is 6.79. The summed E-state index contributed by atoms with van der Waals surface area (Å²) in [5.41, 5.74) is 2.02. The second-order valence-electron chi connectivity index (χ2n) is 8.00. The number of hydrogen-bond acceptors (Lipinski definition) is 4. The first-order valence-electron chi connectivity index (χ1n) is 10.1. The molecule has 0 bridgehead atoms. The first kappa shape index (κ1) is 22.8. The molecule has 1 aliphatic heterocycles. The summed E-state index contributed by atoms with van der Waals surface area (Å²) < 4.78 is 39.1. The largest absolute Gasteiger partial charge is 0.507 e. The van der Waals surface area contributed by atoms with E-state index in [1.165, 1.54) is 23.5 Å². The summed E-state index contributed by atoms with van der Waals surface area (Å²) in [5.74, 6) is -2.09. The SMILES string of the molecule is Cc1ccc(C)c(/C(O)=C2/C(=O)C(=O)N(c3ccc(C(F)(F)F)cc3)C2c2sccc2C)c1. The van der Waals surface area contributed by atoms with Gasteiger partial charge in [-0.3, -0.25) is 14.5 Å². The van der Waals surface area contributed by atoms with Crippen LogP contribution in [0.1, 0.15) is 38.7 Å². The predicted molar refractivity (Wildman–Crippen MR) is 121 cm³/mol. The van der Waals surface area contributed by atoms with Gasteiger partial charge in [-0.2, -0.15) is 13.2 Å². The van der Waals surface area contributed by atoms with Crippen LogP contribution in [0.25, 0.3) is 5.76 Å². The number of carbonyl (C=O) groups is 2. The number of Topliss-reactive ketones (excluding diaryl/α,β-unsaturated/α-hetero) is 1. The lowest BCUT2D eigenvalue weighted by molar-refractivity contribution is -0.137. The Morgan fingerprint density at radius 2 is 1.64 bits per heavy atom. The van der Waals surface area contributed by atoms with Crippen LogP contribution < -0.4 is 4.90 Å². The van der Waals surface area contributed by atoms with Crippen molar-refractivity contribution in [2.24, 2.45) is 0 Å². The van der Waals surface area contributed by atoms with Crippen LogP contribution in [0.2, 0.25) is 0 Å². The smallest absolute Gasteiger partial charge is 0.416 e. The number of aliphatic hydroxyl groups is 1. The molecule has 1 fully saturated rings. The molecule has 1 aliphatic rings. The Kier molecular flexibility index (Phi) is 5.66. The number of aliphatic hydroxyl groups excluding tert-OH is 1. The minimum Gasteiger partial charge on any atom is -0.507 e. The number of aryl methyl sites for hydroxylation is 3. The van der Waals surface area contributed by atoms with E-state index < -0.39 is 29.5 Å². The van der Waals surface area contributed by atoms with Crippen molar-refractivity contribution >= 4 is 34.5 Å². The minimum absolute atomic E-state index is 0.0841. The molecule has 2 aromatic carbocycles. The van der Waals surface area contributed by atoms with Crippen LogP contribution in [0.4, 0.5) is 18.9 Å². The molecule has 0 spiro atoms. The zero-order chi connectivity index (χ0) is 24.1. The molecule has 1 aromatic heterocycles. The number of benzene rings is 2. The van der Waals surface area contributed by atoms with Crippen molar-refractivity contribution in [2.75, 3.05) is 4.90 Å². The van der Waals surface area contributed by atoms with Gasteiger partial charge in [0.15, 0.2) is 0 Å². The molecule has 8 heteroatoms. The fourth-order valence-corrected chi connectivity index (χ4v) is 4.98. The number of rotatable bonds is 3. The summed E-state index contributed by atoms with van der Waals surface area (Å²) >= 11 is 1.31. The first-order chi connectivity index (χ1) is 15.5. The molecular formula is C25H20F3NO3S. The van der Waals surface area contributed by atoms with E-state index in [1.54, 1.807) is 18.4 Å². The zero-order valence-electron chi connectivity index (χ0n) is 18.0. The molecule has 3 aromatic rings. The van der Waals surface area contributed by atoms with E-state index in [4.69, 9.17) is 0 Å². The maximum atomic E-state index is 13.2. The van der Waals surface area contributed by atoms with Crippen LogP contribution in [-0.2, 0) is 15.8 Å². The lowest BCUT2D eigenvalue weighted by Gasteiger charge is -2.25. The number of nitrogens with zero attached hydrogens (tertiary/aromatic N) is 1. The molecule has 1 N–H and O–H groups in total. The highest BCUT2D eigenvalue weighted by Gasteiger charge is 2.48. The maximum Gasteiger partial charge on any atom is 0.416 e. The van der Waals surface area contributed by atoms with Gasteiger partial charge in [0, 0.05) is 16.1 Å². The average molecular weight is 472 g/mol. The Labute approximate surface area is 192 Å². The monoisotopic (exact) mass is 471 g/mol. The maximum absolute atomic E-state index is 13.2. The van der Waals surface area contributed by atoms with Gasteiger partial charge in [-0.15, -0.1) is 11.3 Å². The Morgan fingerprint density at radius 1 is 0.970 bits per heavy atom. The molecule has 33 heavy (non-hydrogen) atoms. The average Bonchev–Trinajstić information content (AvgIpc) is 3.29. The number of thiophene rings is 1. The van der Waals surface area contributed by atoms with Crippen LogP contribution in [0.3, 0.4) is 0 Å². The number of ketones is 1. The number of anilines is 1. The fourth-order valence-electron chi connectivity index (χ4n) is 3.96. The van der Waals surface area contributed by atoms with E-state index in [-0.39, 0.29) is 17.0 Å². The number of alkyl halides is 3. The van der Waals surface area contributed by atoms with Gasteiger partial charge >= 0.3 is 6.18 Å². The molecule has 2 heterocycles. The summed E-state index contributed by atoms with van der Waals surface area (Å²) in [6.07, 6.45) is -4.53. The van der Waals surface area contributed by atoms with Crippen molar-refractivity contribution in [3.63, 3.8) is 0 Å². The molecule has 1 atom stereocenters. The van der Waals surface area contributed by atoms with Gasteiger partial charge < -0.3 is 5.11 Å². The predicted octanol–water partition coefficient (Wildman–Crippen LogP) is 6.32. The number of halogens is 3. The van der Waals surface area contributed by atoms with E-state index >= 15 is 0 Å². The zero-order valence-corrected chi connectivity index (χ0v) is 18.8. The van der Waals surface area contributed by atoms with Crippen molar-refractivity contribution in [3.05, 3.63) is 92.2 Å². The van der Waals surface area contributed by atoms with Gasteiger partial charge in [0.25, 0.3) is 11.7 Å². The van der Waals surface area contributed by atoms with Crippen LogP contribution in [-0.4, -0.2) is 16.8 Å². The third-order valence-electron chi connectivity index (χ3n) is 5.72. The van der Waals surface area contributed by atoms with E-state index in [0.29, 0.717) is 10.4 Å². The van der Waals surface area contributed by atoms with Gasteiger partial charge in [-0.05, 0) is 73.7 Å². The minimum atomic E-state index is -4.53. The highest BCUT2D eigenvalue weighted by Crippen LogP contribution is 2.45. The second kappa shape index (κ2) is 8.19. The van der Waals surface area contributed by atoms with Gasteiger partial charge in [-0.1, -0.05) is 17.7 Å². The summed E-state index contributed by atoms with van der Waals surface area (Å²) in [6.45, 7) is 5.44. The molecule has 1 unspecified atom stereocenters. The molecule has 170 valence electrons. The van der Waals surface area contributed by atoms with Crippen molar-refractivity contribution in [2.45, 2.75) is 33.0 Å². The number of hydrogen-bond donors (Lipinski definition) is 1. The van der Waals surface area contributed by atoms with E-state index in [0.717, 1.165) is 33.7 Å². The Bertz CT molecular complexity index is 1290. The van der Waals surface area contributed by atoms with Crippen molar-refractivity contribution in [3.8, 4) is 0 Å². The highest BCUT2D eigenvalue weighted by atomic mass is 32.1. The highest BCUT2D eigenvalue weighted by molar-refractivity contribution is 7.10. The second-order valence-corrected chi connectivity index (χ2v) is 8.95. The summed E-state index contributed by atoms with van der Waals surface area (Å²) in [6, 6.07) is 10.4. The molecule has 0 radical (unpaired) electrons. The van der Waals surface area contributed by atoms with Crippen LogP contribution in [0.5, 0.6) is 0 Å². The lowest BCUT2D eigenvalue weighted by atomic mass is 9.95. The number of amides is 1. The molecule has 0 aliphatic carbocycles. The lowest BCUT2D eigenvalue weighted by Crippen LogP contribution is -2.29. The van der Waals surface area contributed by atoms with E-state index in [1.807, 2.05) is 32.0 Å². The third kappa shape index (κ3) is 3.95. The van der Waals surface area contributed by atoms with Gasteiger partial charge in [-0.25, -0.2) is 0 Å². The van der Waals surface area contributed by atoms with Crippen LogP contribution in [0.15, 0.2) is 59.5 Å². The van der Waals surface area contributed by atoms with E-state index in [9.17, 15) is 27.9 Å². The standard InChI is InChI=1S/C25H20F3NO3S/c1-13-4-5-14(2)18(12-13)21(30)19-20(23-15(3)10-11-33-23)29(24(32)22(19)31)17-8-6-16(7-9-17)25(26,27)28/h4-12,20,30H,1-3H3/b21-19-. The molecule has 4 nitrogen and oxygen atoms in total. The van der Waals surface area contributed by atoms with E-state index in [2.05, 4.69) is 0 Å². The molecule has 0 saturated carbocycles. The van der Waals surface area contributed by atoms with Crippen molar-refractivity contribution in [1.82, 2.24) is 0 Å². The Balaban J connectivity index is 1.93. The van der Waals surface area contributed by atoms with Gasteiger partial charge in [0.2, 0.25) is 0 Å². The first-order valence-corrected chi connectivity index (χ1v) is 11.0. The normalized spacial score (nSPS) is 18.2. The molecule has 4 rings (SSSR count). The fraction of sp³-hybridized carbons (Fsp3) is 0.200. The van der Waals surface area contributed by atoms with Crippen LogP contribution >= 0.6 is 11.3 Å². The molecule has 1 saturated heterocycles. The van der Waals surface area contributed by atoms with Gasteiger partial charge in [0.1, 0.15) is 11.8 Å². The Morgan fingerprint density at radius 3 is 2.21 bits per heavy atom.